The Morgan fingerprint density at radius 1 is 1.43 bits per heavy atom. The highest BCUT2D eigenvalue weighted by molar-refractivity contribution is 5.94. The largest absolute Gasteiger partial charge is 0.506 e. The highest BCUT2D eigenvalue weighted by Crippen LogP contribution is 2.21. The van der Waals surface area contributed by atoms with Crippen LogP contribution in [0.15, 0.2) is 36.7 Å². The van der Waals surface area contributed by atoms with Crippen LogP contribution in [0.3, 0.4) is 0 Å². The molecule has 0 atom stereocenters. The van der Waals surface area contributed by atoms with Crippen molar-refractivity contribution in [2.45, 2.75) is 13.5 Å². The summed E-state index contributed by atoms with van der Waals surface area (Å²) in [6.07, 6.45) is 2.55. The van der Waals surface area contributed by atoms with Crippen molar-refractivity contribution < 1.29 is 14.8 Å². The fourth-order valence-corrected chi connectivity index (χ4v) is 1.89. The predicted octanol–water partition coefficient (Wildman–Crippen LogP) is 1.93. The summed E-state index contributed by atoms with van der Waals surface area (Å²) in [5.74, 6) is -0.515. The number of aromatic hydroxyl groups is 1. The van der Waals surface area contributed by atoms with E-state index in [2.05, 4.69) is 10.3 Å². The standard InChI is InChI=1S/C14H13N3O4/c1-9-10(3-2-4-13(9)17(20)21)7-16-14(19)11-5-12(18)8-15-6-11/h2-6,8,18H,7H2,1H3,(H,16,19). The zero-order valence-corrected chi connectivity index (χ0v) is 11.2. The molecule has 2 N–H and O–H groups in total. The molecule has 1 aromatic heterocycles. The molecule has 0 spiro atoms. The minimum atomic E-state index is -0.459. The van der Waals surface area contributed by atoms with Crippen LogP contribution in [-0.4, -0.2) is 20.9 Å². The van der Waals surface area contributed by atoms with Crippen LogP contribution in [0, 0.1) is 17.0 Å². The van der Waals surface area contributed by atoms with E-state index in [1.54, 1.807) is 19.1 Å². The summed E-state index contributed by atoms with van der Waals surface area (Å²) in [4.78, 5) is 26.0. The topological polar surface area (TPSA) is 105 Å². The first kappa shape index (κ1) is 14.4. The zero-order chi connectivity index (χ0) is 15.4. The third-order valence-electron chi connectivity index (χ3n) is 3.04. The van der Waals surface area contributed by atoms with Gasteiger partial charge in [0, 0.05) is 24.4 Å². The van der Waals surface area contributed by atoms with Gasteiger partial charge in [0.25, 0.3) is 11.6 Å². The van der Waals surface area contributed by atoms with E-state index in [0.29, 0.717) is 11.1 Å². The smallest absolute Gasteiger partial charge is 0.272 e. The normalized spacial score (nSPS) is 10.1. The number of nitrogens with zero attached hydrogens (tertiary/aromatic N) is 2. The quantitative estimate of drug-likeness (QED) is 0.660. The highest BCUT2D eigenvalue weighted by Gasteiger charge is 2.14. The highest BCUT2D eigenvalue weighted by atomic mass is 16.6. The second kappa shape index (κ2) is 6.00. The van der Waals surface area contributed by atoms with E-state index in [4.69, 9.17) is 0 Å². The minimum absolute atomic E-state index is 0.0146. The molecule has 108 valence electrons. The molecule has 21 heavy (non-hydrogen) atoms. The van der Waals surface area contributed by atoms with Crippen molar-refractivity contribution in [2.24, 2.45) is 0 Å². The number of nitro groups is 1. The van der Waals surface area contributed by atoms with E-state index in [1.807, 2.05) is 0 Å². The molecule has 7 heteroatoms. The van der Waals surface area contributed by atoms with Crippen molar-refractivity contribution in [3.8, 4) is 5.75 Å². The van der Waals surface area contributed by atoms with Gasteiger partial charge in [0.05, 0.1) is 16.7 Å². The van der Waals surface area contributed by atoms with Crippen LogP contribution < -0.4 is 5.32 Å². The summed E-state index contributed by atoms with van der Waals surface area (Å²) >= 11 is 0. The third kappa shape index (κ3) is 3.33. The number of nitrogens with one attached hydrogen (secondary N) is 1. The monoisotopic (exact) mass is 287 g/mol. The van der Waals surface area contributed by atoms with Gasteiger partial charge >= 0.3 is 0 Å². The van der Waals surface area contributed by atoms with Gasteiger partial charge in [0.15, 0.2) is 0 Å². The van der Waals surface area contributed by atoms with Gasteiger partial charge in [-0.1, -0.05) is 12.1 Å². The van der Waals surface area contributed by atoms with Crippen LogP contribution >= 0.6 is 0 Å². The van der Waals surface area contributed by atoms with Crippen molar-refractivity contribution in [3.05, 3.63) is 63.5 Å². The predicted molar refractivity (Wildman–Crippen MR) is 74.9 cm³/mol. The van der Waals surface area contributed by atoms with Gasteiger partial charge in [0.2, 0.25) is 0 Å². The van der Waals surface area contributed by atoms with Gasteiger partial charge in [-0.25, -0.2) is 0 Å². The number of carbonyl (C=O) groups excluding carboxylic acids is 1. The maximum absolute atomic E-state index is 11.9. The lowest BCUT2D eigenvalue weighted by Crippen LogP contribution is -2.23. The van der Waals surface area contributed by atoms with Crippen LogP contribution in [0.25, 0.3) is 0 Å². The lowest BCUT2D eigenvalue weighted by molar-refractivity contribution is -0.385. The van der Waals surface area contributed by atoms with Crippen LogP contribution in [0.2, 0.25) is 0 Å². The van der Waals surface area contributed by atoms with E-state index in [1.165, 1.54) is 24.5 Å². The van der Waals surface area contributed by atoms with E-state index < -0.39 is 10.8 Å². The molecule has 0 saturated carbocycles. The van der Waals surface area contributed by atoms with E-state index in [9.17, 15) is 20.0 Å². The average Bonchev–Trinajstić information content (AvgIpc) is 2.45. The summed E-state index contributed by atoms with van der Waals surface area (Å²) in [7, 11) is 0. The number of nitro benzene ring substituents is 1. The number of carbonyl (C=O) groups is 1. The van der Waals surface area contributed by atoms with Crippen LogP contribution in [0.4, 0.5) is 5.69 Å². The molecule has 0 aliphatic rings. The lowest BCUT2D eigenvalue weighted by atomic mass is 10.1. The van der Waals surface area contributed by atoms with Crippen molar-refractivity contribution in [2.75, 3.05) is 0 Å². The van der Waals surface area contributed by atoms with Crippen molar-refractivity contribution in [1.29, 1.82) is 0 Å². The maximum atomic E-state index is 11.9. The van der Waals surface area contributed by atoms with Crippen LogP contribution in [-0.2, 0) is 6.54 Å². The first-order valence-electron chi connectivity index (χ1n) is 6.14. The molecule has 0 aliphatic heterocycles. The van der Waals surface area contributed by atoms with Crippen molar-refractivity contribution >= 4 is 11.6 Å². The summed E-state index contributed by atoms with van der Waals surface area (Å²) in [5.41, 5.74) is 1.40. The molecule has 0 saturated heterocycles. The van der Waals surface area contributed by atoms with Gasteiger partial charge in [0.1, 0.15) is 5.75 Å². The molecular weight excluding hydrogens is 274 g/mol. The Bertz CT molecular complexity index is 700. The van der Waals surface area contributed by atoms with Crippen LogP contribution in [0.5, 0.6) is 5.75 Å². The van der Waals surface area contributed by atoms with Gasteiger partial charge in [-0.05, 0) is 18.6 Å². The molecule has 0 aliphatic carbocycles. The summed E-state index contributed by atoms with van der Waals surface area (Å²) < 4.78 is 0. The Balaban J connectivity index is 2.12. The van der Waals surface area contributed by atoms with Gasteiger partial charge < -0.3 is 10.4 Å². The lowest BCUT2D eigenvalue weighted by Gasteiger charge is -2.08. The molecule has 2 rings (SSSR count). The first-order chi connectivity index (χ1) is 9.99. The number of hydrogen-bond donors (Lipinski definition) is 2. The van der Waals surface area contributed by atoms with Crippen LogP contribution in [0.1, 0.15) is 21.5 Å². The molecule has 1 amide bonds. The average molecular weight is 287 g/mol. The minimum Gasteiger partial charge on any atom is -0.506 e. The van der Waals surface area contributed by atoms with E-state index in [-0.39, 0.29) is 23.5 Å². The number of aromatic nitrogens is 1. The number of amides is 1. The molecule has 0 fully saturated rings. The Labute approximate surface area is 120 Å². The molecule has 0 radical (unpaired) electrons. The molecule has 7 nitrogen and oxygen atoms in total. The Morgan fingerprint density at radius 3 is 2.86 bits per heavy atom. The molecule has 1 aromatic carbocycles. The summed E-state index contributed by atoms with van der Waals surface area (Å²) in [6.45, 7) is 1.79. The number of pyridine rings is 1. The SMILES string of the molecule is Cc1c(CNC(=O)c2cncc(O)c2)cccc1[N+](=O)[O-]. The fourth-order valence-electron chi connectivity index (χ4n) is 1.89. The molecule has 0 unspecified atom stereocenters. The molecule has 2 aromatic rings. The third-order valence-corrected chi connectivity index (χ3v) is 3.04. The van der Waals surface area contributed by atoms with E-state index in [0.717, 1.165) is 0 Å². The Kier molecular flexibility index (Phi) is 4.13. The van der Waals surface area contributed by atoms with Gasteiger partial charge in [-0.15, -0.1) is 0 Å². The van der Waals surface area contributed by atoms with Gasteiger partial charge in [-0.3, -0.25) is 19.9 Å². The second-order valence-corrected chi connectivity index (χ2v) is 4.43. The maximum Gasteiger partial charge on any atom is 0.272 e. The van der Waals surface area contributed by atoms with Crippen molar-refractivity contribution in [1.82, 2.24) is 10.3 Å². The fraction of sp³-hybridized carbons (Fsp3) is 0.143. The Hall–Kier alpha value is -2.96. The second-order valence-electron chi connectivity index (χ2n) is 4.43. The molecule has 0 bridgehead atoms. The number of benzene rings is 1. The van der Waals surface area contributed by atoms with Crippen molar-refractivity contribution in [3.63, 3.8) is 0 Å². The zero-order valence-electron chi connectivity index (χ0n) is 11.2. The summed E-state index contributed by atoms with van der Waals surface area (Å²) in [5, 5.41) is 22.8. The number of rotatable bonds is 4. The summed E-state index contributed by atoms with van der Waals surface area (Å²) in [6, 6.07) is 5.99. The molecular formula is C14H13N3O4. The van der Waals surface area contributed by atoms with Gasteiger partial charge in [-0.2, -0.15) is 0 Å². The molecule has 1 heterocycles. The Morgan fingerprint density at radius 2 is 2.19 bits per heavy atom. The van der Waals surface area contributed by atoms with E-state index >= 15 is 0 Å². The number of hydrogen-bond acceptors (Lipinski definition) is 5. The first-order valence-corrected chi connectivity index (χ1v) is 6.14.